The fraction of sp³-hybridized carbons (Fsp3) is 0.667. The normalized spacial score (nSPS) is 28.2. The molecule has 2 unspecified atom stereocenters. The molecule has 17 heavy (non-hydrogen) atoms. The SMILES string of the molecule is Cn1cc(C(=O)N2CC3CCCNC3C2)cn1. The van der Waals surface area contributed by atoms with Gasteiger partial charge in [0.1, 0.15) is 0 Å². The van der Waals surface area contributed by atoms with Crippen LogP contribution in [0.15, 0.2) is 12.4 Å². The monoisotopic (exact) mass is 234 g/mol. The maximum absolute atomic E-state index is 12.2. The molecule has 2 aliphatic rings. The van der Waals surface area contributed by atoms with Gasteiger partial charge in [-0.2, -0.15) is 5.10 Å². The van der Waals surface area contributed by atoms with Crippen molar-refractivity contribution in [2.45, 2.75) is 18.9 Å². The number of hydrogen-bond acceptors (Lipinski definition) is 3. The summed E-state index contributed by atoms with van der Waals surface area (Å²) in [5.74, 6) is 0.763. The summed E-state index contributed by atoms with van der Waals surface area (Å²) in [6.45, 7) is 2.83. The Labute approximate surface area is 101 Å². The largest absolute Gasteiger partial charge is 0.337 e. The quantitative estimate of drug-likeness (QED) is 0.757. The molecule has 2 atom stereocenters. The van der Waals surface area contributed by atoms with Crippen molar-refractivity contribution >= 4 is 5.91 Å². The van der Waals surface area contributed by atoms with Crippen molar-refractivity contribution in [2.24, 2.45) is 13.0 Å². The lowest BCUT2D eigenvalue weighted by atomic mass is 9.94. The van der Waals surface area contributed by atoms with E-state index in [2.05, 4.69) is 10.4 Å². The Morgan fingerprint density at radius 3 is 3.12 bits per heavy atom. The van der Waals surface area contributed by atoms with Crippen molar-refractivity contribution in [3.63, 3.8) is 0 Å². The maximum atomic E-state index is 12.2. The van der Waals surface area contributed by atoms with Crippen molar-refractivity contribution in [2.75, 3.05) is 19.6 Å². The van der Waals surface area contributed by atoms with E-state index in [1.807, 2.05) is 11.9 Å². The molecular formula is C12H18N4O. The van der Waals surface area contributed by atoms with Crippen LogP contribution in [-0.4, -0.2) is 46.3 Å². The van der Waals surface area contributed by atoms with Gasteiger partial charge >= 0.3 is 0 Å². The van der Waals surface area contributed by atoms with Crippen molar-refractivity contribution in [3.8, 4) is 0 Å². The number of carbonyl (C=O) groups excluding carboxylic acids is 1. The molecule has 0 bridgehead atoms. The van der Waals surface area contributed by atoms with Gasteiger partial charge in [-0.1, -0.05) is 0 Å². The van der Waals surface area contributed by atoms with Gasteiger partial charge in [-0.3, -0.25) is 9.48 Å². The van der Waals surface area contributed by atoms with Crippen LogP contribution in [0.3, 0.4) is 0 Å². The molecule has 0 spiro atoms. The topological polar surface area (TPSA) is 50.2 Å². The minimum atomic E-state index is 0.120. The van der Waals surface area contributed by atoms with Gasteiger partial charge in [-0.25, -0.2) is 0 Å². The van der Waals surface area contributed by atoms with Crippen LogP contribution in [0.2, 0.25) is 0 Å². The summed E-state index contributed by atoms with van der Waals surface area (Å²) in [5.41, 5.74) is 0.700. The van der Waals surface area contributed by atoms with Gasteiger partial charge in [-0.15, -0.1) is 0 Å². The van der Waals surface area contributed by atoms with Gasteiger partial charge in [0.25, 0.3) is 5.91 Å². The summed E-state index contributed by atoms with van der Waals surface area (Å²) in [6, 6.07) is 0.504. The Bertz CT molecular complexity index is 414. The molecule has 5 nitrogen and oxygen atoms in total. The van der Waals surface area contributed by atoms with E-state index in [0.717, 1.165) is 19.6 Å². The van der Waals surface area contributed by atoms with Gasteiger partial charge in [0.2, 0.25) is 0 Å². The average molecular weight is 234 g/mol. The second-order valence-corrected chi connectivity index (χ2v) is 5.08. The molecule has 2 saturated heterocycles. The lowest BCUT2D eigenvalue weighted by Crippen LogP contribution is -2.41. The molecule has 0 radical (unpaired) electrons. The number of nitrogens with one attached hydrogen (secondary N) is 1. The molecule has 1 aromatic rings. The smallest absolute Gasteiger partial charge is 0.257 e. The molecule has 0 saturated carbocycles. The van der Waals surface area contributed by atoms with E-state index in [9.17, 15) is 4.79 Å². The summed E-state index contributed by atoms with van der Waals surface area (Å²) in [6.07, 6.45) is 5.92. The van der Waals surface area contributed by atoms with Crippen LogP contribution in [0.5, 0.6) is 0 Å². The molecule has 1 amide bonds. The molecule has 3 heterocycles. The first-order valence-corrected chi connectivity index (χ1v) is 6.25. The van der Waals surface area contributed by atoms with Crippen molar-refractivity contribution in [1.82, 2.24) is 20.0 Å². The van der Waals surface area contributed by atoms with Crippen LogP contribution < -0.4 is 5.32 Å². The Morgan fingerprint density at radius 2 is 2.41 bits per heavy atom. The van der Waals surface area contributed by atoms with E-state index < -0.39 is 0 Å². The molecule has 2 fully saturated rings. The predicted molar refractivity (Wildman–Crippen MR) is 63.6 cm³/mol. The summed E-state index contributed by atoms with van der Waals surface area (Å²) in [5, 5.41) is 7.56. The number of likely N-dealkylation sites (tertiary alicyclic amines) is 1. The van der Waals surface area contributed by atoms with Gasteiger partial charge in [0.15, 0.2) is 0 Å². The standard InChI is InChI=1S/C12H18N4O/c1-15-6-10(5-14-15)12(17)16-7-9-3-2-4-13-11(9)8-16/h5-6,9,11,13H,2-4,7-8H2,1H3. The molecule has 0 aliphatic carbocycles. The van der Waals surface area contributed by atoms with Crippen molar-refractivity contribution < 1.29 is 4.79 Å². The number of amides is 1. The predicted octanol–water partition coefficient (Wildman–Crippen LogP) is 0.244. The number of hydrogen-bond donors (Lipinski definition) is 1. The summed E-state index contributed by atoms with van der Waals surface area (Å²) in [7, 11) is 1.84. The zero-order valence-corrected chi connectivity index (χ0v) is 10.1. The molecule has 1 N–H and O–H groups in total. The van der Waals surface area contributed by atoms with Crippen LogP contribution >= 0.6 is 0 Å². The van der Waals surface area contributed by atoms with Gasteiger partial charge in [0.05, 0.1) is 11.8 Å². The van der Waals surface area contributed by atoms with Crippen LogP contribution in [0.25, 0.3) is 0 Å². The highest BCUT2D eigenvalue weighted by Gasteiger charge is 2.36. The molecule has 0 aromatic carbocycles. The highest BCUT2D eigenvalue weighted by molar-refractivity contribution is 5.94. The van der Waals surface area contributed by atoms with E-state index in [1.54, 1.807) is 17.1 Å². The first-order valence-electron chi connectivity index (χ1n) is 6.25. The number of nitrogens with zero attached hydrogens (tertiary/aromatic N) is 3. The van der Waals surface area contributed by atoms with Gasteiger partial charge < -0.3 is 10.2 Å². The highest BCUT2D eigenvalue weighted by atomic mass is 16.2. The lowest BCUT2D eigenvalue weighted by molar-refractivity contribution is 0.0785. The van der Waals surface area contributed by atoms with E-state index in [0.29, 0.717) is 17.5 Å². The minimum Gasteiger partial charge on any atom is -0.337 e. The van der Waals surface area contributed by atoms with Crippen LogP contribution in [0.4, 0.5) is 0 Å². The number of piperidine rings is 1. The number of aryl methyl sites for hydroxylation is 1. The number of rotatable bonds is 1. The third-order valence-corrected chi connectivity index (χ3v) is 3.84. The first kappa shape index (κ1) is 10.8. The van der Waals surface area contributed by atoms with Crippen LogP contribution in [0, 0.1) is 5.92 Å². The third-order valence-electron chi connectivity index (χ3n) is 3.84. The second-order valence-electron chi connectivity index (χ2n) is 5.08. The number of fused-ring (bicyclic) bond motifs is 1. The Balaban J connectivity index is 1.71. The Morgan fingerprint density at radius 1 is 1.53 bits per heavy atom. The Kier molecular flexibility index (Phi) is 2.63. The number of aromatic nitrogens is 2. The fourth-order valence-electron chi connectivity index (χ4n) is 2.93. The zero-order chi connectivity index (χ0) is 11.8. The van der Waals surface area contributed by atoms with E-state index in [4.69, 9.17) is 0 Å². The molecule has 3 rings (SSSR count). The molecule has 92 valence electrons. The maximum Gasteiger partial charge on any atom is 0.257 e. The van der Waals surface area contributed by atoms with Gasteiger partial charge in [-0.05, 0) is 25.3 Å². The van der Waals surface area contributed by atoms with E-state index in [1.165, 1.54) is 12.8 Å². The molecular weight excluding hydrogens is 216 g/mol. The van der Waals surface area contributed by atoms with Crippen molar-refractivity contribution in [3.05, 3.63) is 18.0 Å². The zero-order valence-electron chi connectivity index (χ0n) is 10.1. The van der Waals surface area contributed by atoms with Crippen LogP contribution in [-0.2, 0) is 7.05 Å². The lowest BCUT2D eigenvalue weighted by Gasteiger charge is -2.24. The number of carbonyl (C=O) groups is 1. The fourth-order valence-corrected chi connectivity index (χ4v) is 2.93. The van der Waals surface area contributed by atoms with E-state index >= 15 is 0 Å². The third kappa shape index (κ3) is 1.95. The summed E-state index contributed by atoms with van der Waals surface area (Å²) < 4.78 is 1.68. The molecule has 2 aliphatic heterocycles. The molecule has 5 heteroatoms. The summed E-state index contributed by atoms with van der Waals surface area (Å²) >= 11 is 0. The van der Waals surface area contributed by atoms with Crippen molar-refractivity contribution in [1.29, 1.82) is 0 Å². The second kappa shape index (κ2) is 4.14. The minimum absolute atomic E-state index is 0.120. The van der Waals surface area contributed by atoms with Crippen LogP contribution in [0.1, 0.15) is 23.2 Å². The highest BCUT2D eigenvalue weighted by Crippen LogP contribution is 2.25. The first-order chi connectivity index (χ1) is 8.24. The average Bonchev–Trinajstić information content (AvgIpc) is 2.93. The Hall–Kier alpha value is -1.36. The summed E-state index contributed by atoms with van der Waals surface area (Å²) in [4.78, 5) is 14.2. The molecule has 1 aromatic heterocycles. The van der Waals surface area contributed by atoms with Gasteiger partial charge in [0, 0.05) is 32.4 Å². The van der Waals surface area contributed by atoms with E-state index in [-0.39, 0.29) is 5.91 Å².